The SMILES string of the molecule is CC(C)Cc1cc2n(n1)C(C1CCCC1)CCN2. The zero-order valence-electron chi connectivity index (χ0n) is 11.7. The van der Waals surface area contributed by atoms with Gasteiger partial charge in [0.15, 0.2) is 0 Å². The van der Waals surface area contributed by atoms with E-state index in [0.29, 0.717) is 12.0 Å². The number of rotatable bonds is 3. The summed E-state index contributed by atoms with van der Waals surface area (Å²) in [5, 5.41) is 8.38. The molecule has 0 bridgehead atoms. The predicted octanol–water partition coefficient (Wildman–Crippen LogP) is 3.63. The van der Waals surface area contributed by atoms with Gasteiger partial charge in [-0.05, 0) is 37.5 Å². The fourth-order valence-corrected chi connectivity index (χ4v) is 3.60. The van der Waals surface area contributed by atoms with Crippen molar-refractivity contribution >= 4 is 5.82 Å². The lowest BCUT2D eigenvalue weighted by Gasteiger charge is -2.30. The van der Waals surface area contributed by atoms with E-state index in [-0.39, 0.29) is 0 Å². The highest BCUT2D eigenvalue weighted by Gasteiger charge is 2.30. The van der Waals surface area contributed by atoms with Gasteiger partial charge < -0.3 is 5.32 Å². The lowest BCUT2D eigenvalue weighted by atomic mass is 9.94. The predicted molar refractivity (Wildman–Crippen MR) is 74.9 cm³/mol. The second-order valence-electron chi connectivity index (χ2n) is 6.39. The van der Waals surface area contributed by atoms with Crippen LogP contribution in [0.2, 0.25) is 0 Å². The van der Waals surface area contributed by atoms with Gasteiger partial charge in [-0.1, -0.05) is 26.7 Å². The van der Waals surface area contributed by atoms with Gasteiger partial charge in [0.1, 0.15) is 5.82 Å². The molecule has 1 saturated carbocycles. The lowest BCUT2D eigenvalue weighted by Crippen LogP contribution is -2.28. The van der Waals surface area contributed by atoms with E-state index in [1.807, 2.05) is 0 Å². The Morgan fingerprint density at radius 2 is 2.11 bits per heavy atom. The van der Waals surface area contributed by atoms with Crippen LogP contribution in [0.4, 0.5) is 5.82 Å². The Kier molecular flexibility index (Phi) is 3.31. The molecule has 1 N–H and O–H groups in total. The number of anilines is 1. The maximum atomic E-state index is 4.87. The van der Waals surface area contributed by atoms with Crippen LogP contribution in [0.5, 0.6) is 0 Å². The Morgan fingerprint density at radius 1 is 1.33 bits per heavy atom. The monoisotopic (exact) mass is 247 g/mol. The minimum atomic E-state index is 0.657. The third-order valence-electron chi connectivity index (χ3n) is 4.41. The molecule has 0 aromatic carbocycles. The first-order valence-corrected chi connectivity index (χ1v) is 7.56. The number of hydrogen-bond donors (Lipinski definition) is 1. The van der Waals surface area contributed by atoms with Gasteiger partial charge in [-0.25, -0.2) is 4.68 Å². The summed E-state index contributed by atoms with van der Waals surface area (Å²) in [6, 6.07) is 2.92. The summed E-state index contributed by atoms with van der Waals surface area (Å²) in [7, 11) is 0. The van der Waals surface area contributed by atoms with E-state index < -0.39 is 0 Å². The van der Waals surface area contributed by atoms with Crippen molar-refractivity contribution in [3.8, 4) is 0 Å². The normalized spacial score (nSPS) is 24.3. The third kappa shape index (κ3) is 2.27. The van der Waals surface area contributed by atoms with E-state index in [1.165, 1.54) is 43.6 Å². The Balaban J connectivity index is 1.82. The first-order chi connectivity index (χ1) is 8.74. The molecule has 0 spiro atoms. The van der Waals surface area contributed by atoms with Gasteiger partial charge in [0.25, 0.3) is 0 Å². The first kappa shape index (κ1) is 12.1. The average molecular weight is 247 g/mol. The van der Waals surface area contributed by atoms with Crippen LogP contribution in [0.15, 0.2) is 6.07 Å². The lowest BCUT2D eigenvalue weighted by molar-refractivity contribution is 0.288. The molecule has 3 heteroatoms. The molecule has 3 rings (SSSR count). The van der Waals surface area contributed by atoms with Crippen LogP contribution in [0.3, 0.4) is 0 Å². The van der Waals surface area contributed by atoms with Crippen molar-refractivity contribution in [1.82, 2.24) is 9.78 Å². The van der Waals surface area contributed by atoms with Gasteiger partial charge in [0.05, 0.1) is 11.7 Å². The molecule has 1 aromatic heterocycles. The molecule has 1 aliphatic heterocycles. The number of hydrogen-bond acceptors (Lipinski definition) is 2. The molecular weight excluding hydrogens is 222 g/mol. The van der Waals surface area contributed by atoms with Crippen LogP contribution < -0.4 is 5.32 Å². The zero-order valence-corrected chi connectivity index (χ0v) is 11.7. The minimum Gasteiger partial charge on any atom is -0.370 e. The Bertz CT molecular complexity index is 402. The van der Waals surface area contributed by atoms with E-state index >= 15 is 0 Å². The maximum Gasteiger partial charge on any atom is 0.124 e. The molecule has 1 atom stereocenters. The van der Waals surface area contributed by atoms with Gasteiger partial charge in [-0.3, -0.25) is 0 Å². The summed E-state index contributed by atoms with van der Waals surface area (Å²) in [5.41, 5.74) is 1.26. The van der Waals surface area contributed by atoms with Crippen LogP contribution >= 0.6 is 0 Å². The third-order valence-corrected chi connectivity index (χ3v) is 4.41. The molecule has 0 amide bonds. The summed E-state index contributed by atoms with van der Waals surface area (Å²) >= 11 is 0. The van der Waals surface area contributed by atoms with E-state index in [9.17, 15) is 0 Å². The zero-order chi connectivity index (χ0) is 12.5. The first-order valence-electron chi connectivity index (χ1n) is 7.56. The molecule has 18 heavy (non-hydrogen) atoms. The summed E-state index contributed by atoms with van der Waals surface area (Å²) < 4.78 is 2.30. The van der Waals surface area contributed by atoms with Gasteiger partial charge in [0.2, 0.25) is 0 Å². The summed E-state index contributed by atoms with van der Waals surface area (Å²) in [5.74, 6) is 2.82. The van der Waals surface area contributed by atoms with Crippen molar-refractivity contribution in [2.75, 3.05) is 11.9 Å². The average Bonchev–Trinajstić information content (AvgIpc) is 2.94. The van der Waals surface area contributed by atoms with Crippen molar-refractivity contribution in [2.45, 2.75) is 58.4 Å². The topological polar surface area (TPSA) is 29.9 Å². The fourth-order valence-electron chi connectivity index (χ4n) is 3.60. The quantitative estimate of drug-likeness (QED) is 0.884. The van der Waals surface area contributed by atoms with Crippen LogP contribution in [0.1, 0.15) is 57.7 Å². The molecule has 100 valence electrons. The van der Waals surface area contributed by atoms with Crippen molar-refractivity contribution in [3.63, 3.8) is 0 Å². The van der Waals surface area contributed by atoms with Crippen LogP contribution in [0.25, 0.3) is 0 Å². The Morgan fingerprint density at radius 3 is 2.83 bits per heavy atom. The van der Waals surface area contributed by atoms with Gasteiger partial charge in [0, 0.05) is 12.6 Å². The van der Waals surface area contributed by atoms with Gasteiger partial charge in [-0.2, -0.15) is 5.10 Å². The Labute approximate surface area is 110 Å². The summed E-state index contributed by atoms with van der Waals surface area (Å²) in [6.07, 6.45) is 8.00. The smallest absolute Gasteiger partial charge is 0.124 e. The summed E-state index contributed by atoms with van der Waals surface area (Å²) in [6.45, 7) is 5.65. The van der Waals surface area contributed by atoms with Crippen LogP contribution in [0, 0.1) is 11.8 Å². The summed E-state index contributed by atoms with van der Waals surface area (Å²) in [4.78, 5) is 0. The van der Waals surface area contributed by atoms with E-state index in [2.05, 4.69) is 29.9 Å². The highest BCUT2D eigenvalue weighted by atomic mass is 15.4. The molecule has 3 nitrogen and oxygen atoms in total. The highest BCUT2D eigenvalue weighted by Crippen LogP contribution is 2.39. The molecule has 1 aliphatic carbocycles. The number of aromatic nitrogens is 2. The van der Waals surface area contributed by atoms with Crippen molar-refractivity contribution < 1.29 is 0 Å². The second-order valence-corrected chi connectivity index (χ2v) is 6.39. The number of nitrogens with one attached hydrogen (secondary N) is 1. The molecule has 0 radical (unpaired) electrons. The fraction of sp³-hybridized carbons (Fsp3) is 0.800. The number of nitrogens with zero attached hydrogens (tertiary/aromatic N) is 2. The van der Waals surface area contributed by atoms with Crippen LogP contribution in [-0.2, 0) is 6.42 Å². The molecule has 1 fully saturated rings. The largest absolute Gasteiger partial charge is 0.370 e. The van der Waals surface area contributed by atoms with Gasteiger partial charge in [-0.15, -0.1) is 0 Å². The molecule has 2 heterocycles. The minimum absolute atomic E-state index is 0.657. The van der Waals surface area contributed by atoms with E-state index in [1.54, 1.807) is 0 Å². The number of fused-ring (bicyclic) bond motifs is 1. The van der Waals surface area contributed by atoms with Crippen molar-refractivity contribution in [2.24, 2.45) is 11.8 Å². The Hall–Kier alpha value is -0.990. The highest BCUT2D eigenvalue weighted by molar-refractivity contribution is 5.39. The van der Waals surface area contributed by atoms with Crippen LogP contribution in [-0.4, -0.2) is 16.3 Å². The van der Waals surface area contributed by atoms with E-state index in [0.717, 1.165) is 18.9 Å². The van der Waals surface area contributed by atoms with Gasteiger partial charge >= 0.3 is 0 Å². The van der Waals surface area contributed by atoms with Crippen molar-refractivity contribution in [3.05, 3.63) is 11.8 Å². The molecule has 1 aromatic rings. The maximum absolute atomic E-state index is 4.87. The molecule has 0 saturated heterocycles. The molecular formula is C15H25N3. The molecule has 1 unspecified atom stereocenters. The van der Waals surface area contributed by atoms with E-state index in [4.69, 9.17) is 5.10 Å². The second kappa shape index (κ2) is 4.94. The standard InChI is InChI=1S/C15H25N3/c1-11(2)9-13-10-15-16-8-7-14(18(15)17-13)12-5-3-4-6-12/h10-12,14,16H,3-9H2,1-2H3. The molecule has 2 aliphatic rings. The van der Waals surface area contributed by atoms with Crippen molar-refractivity contribution in [1.29, 1.82) is 0 Å².